The summed E-state index contributed by atoms with van der Waals surface area (Å²) in [6.45, 7) is 0.150. The van der Waals surface area contributed by atoms with Crippen molar-refractivity contribution < 1.29 is 4.79 Å². The van der Waals surface area contributed by atoms with Crippen molar-refractivity contribution in [2.45, 2.75) is 0 Å². The van der Waals surface area contributed by atoms with Crippen molar-refractivity contribution in [2.75, 3.05) is 31.3 Å². The minimum absolute atomic E-state index is 0.119. The van der Waals surface area contributed by atoms with Gasteiger partial charge in [-0.15, -0.1) is 0 Å². The number of anilines is 2. The Morgan fingerprint density at radius 3 is 2.94 bits per heavy atom. The van der Waals surface area contributed by atoms with Crippen LogP contribution in [-0.4, -0.2) is 46.7 Å². The van der Waals surface area contributed by atoms with E-state index >= 15 is 0 Å². The van der Waals surface area contributed by atoms with Crippen molar-refractivity contribution in [1.29, 1.82) is 0 Å². The molecule has 0 saturated heterocycles. The van der Waals surface area contributed by atoms with Crippen LogP contribution >= 0.6 is 0 Å². The molecule has 0 radical (unpaired) electrons. The van der Waals surface area contributed by atoms with Crippen LogP contribution in [0.15, 0.2) is 6.20 Å². The van der Waals surface area contributed by atoms with E-state index in [4.69, 9.17) is 0 Å². The first-order valence-corrected chi connectivity index (χ1v) is 5.08. The maximum atomic E-state index is 11.2. The van der Waals surface area contributed by atoms with Gasteiger partial charge in [-0.3, -0.25) is 9.89 Å². The molecule has 0 aliphatic carbocycles. The van der Waals surface area contributed by atoms with E-state index in [1.54, 1.807) is 20.3 Å². The van der Waals surface area contributed by atoms with E-state index in [1.807, 2.05) is 0 Å². The molecule has 0 saturated carbocycles. The summed E-state index contributed by atoms with van der Waals surface area (Å²) in [6, 6.07) is 0. The fraction of sp³-hybridized carbons (Fsp3) is 0.333. The number of carbonyl (C=O) groups excluding carboxylic acids is 1. The van der Waals surface area contributed by atoms with Crippen molar-refractivity contribution in [3.05, 3.63) is 6.20 Å². The van der Waals surface area contributed by atoms with Crippen molar-refractivity contribution >= 4 is 28.7 Å². The Morgan fingerprint density at radius 2 is 2.24 bits per heavy atom. The molecule has 0 unspecified atom stereocenters. The standard InChI is InChI=1S/C9H13N7O/c1-10-6(17)4-12-7-5-3-13-16-8(5)15-9(11-2)14-7/h3H,4H2,1-2H3,(H,10,17)(H3,11,12,13,14,15,16). The molecule has 0 spiro atoms. The van der Waals surface area contributed by atoms with Gasteiger partial charge in [-0.05, 0) is 0 Å². The molecular formula is C9H13N7O. The van der Waals surface area contributed by atoms with Gasteiger partial charge in [-0.25, -0.2) is 0 Å². The molecule has 17 heavy (non-hydrogen) atoms. The lowest BCUT2D eigenvalue weighted by molar-refractivity contribution is -0.118. The summed E-state index contributed by atoms with van der Waals surface area (Å²) in [7, 11) is 3.30. The Kier molecular flexibility index (Phi) is 3.03. The van der Waals surface area contributed by atoms with E-state index in [-0.39, 0.29) is 12.5 Å². The number of nitrogens with zero attached hydrogens (tertiary/aromatic N) is 3. The number of nitrogens with one attached hydrogen (secondary N) is 4. The summed E-state index contributed by atoms with van der Waals surface area (Å²) in [5.74, 6) is 0.907. The predicted octanol–water partition coefficient (Wildman–Crippen LogP) is -0.448. The summed E-state index contributed by atoms with van der Waals surface area (Å²) >= 11 is 0. The highest BCUT2D eigenvalue weighted by Gasteiger charge is 2.09. The summed E-state index contributed by atoms with van der Waals surface area (Å²) in [6.07, 6.45) is 1.61. The number of H-pyrrole nitrogens is 1. The number of hydrogen-bond donors (Lipinski definition) is 4. The van der Waals surface area contributed by atoms with E-state index < -0.39 is 0 Å². The Labute approximate surface area is 97.2 Å². The van der Waals surface area contributed by atoms with Crippen LogP contribution in [0.3, 0.4) is 0 Å². The van der Waals surface area contributed by atoms with Crippen LogP contribution in [0.4, 0.5) is 11.8 Å². The molecule has 0 aliphatic rings. The zero-order valence-corrected chi connectivity index (χ0v) is 9.53. The zero-order valence-electron chi connectivity index (χ0n) is 9.53. The van der Waals surface area contributed by atoms with Crippen LogP contribution in [0.5, 0.6) is 0 Å². The molecule has 2 aromatic rings. The van der Waals surface area contributed by atoms with Crippen molar-refractivity contribution in [3.8, 4) is 0 Å². The Hall–Kier alpha value is -2.38. The van der Waals surface area contributed by atoms with Gasteiger partial charge in [0.05, 0.1) is 18.1 Å². The number of rotatable bonds is 4. The highest BCUT2D eigenvalue weighted by atomic mass is 16.1. The lowest BCUT2D eigenvalue weighted by Gasteiger charge is -2.07. The van der Waals surface area contributed by atoms with Gasteiger partial charge >= 0.3 is 0 Å². The van der Waals surface area contributed by atoms with Crippen LogP contribution in [-0.2, 0) is 4.79 Å². The fourth-order valence-corrected chi connectivity index (χ4v) is 1.33. The molecule has 8 nitrogen and oxygen atoms in total. The second-order valence-corrected chi connectivity index (χ2v) is 3.30. The molecule has 90 valence electrons. The molecule has 2 rings (SSSR count). The van der Waals surface area contributed by atoms with Crippen LogP contribution in [0.1, 0.15) is 0 Å². The third-order valence-electron chi connectivity index (χ3n) is 2.23. The number of amides is 1. The SMILES string of the molecule is CNC(=O)CNc1nc(NC)nc2[nH]ncc12. The van der Waals surface area contributed by atoms with Gasteiger partial charge in [0.25, 0.3) is 0 Å². The van der Waals surface area contributed by atoms with Gasteiger partial charge < -0.3 is 16.0 Å². The second-order valence-electron chi connectivity index (χ2n) is 3.30. The average molecular weight is 235 g/mol. The molecule has 0 fully saturated rings. The second kappa shape index (κ2) is 4.64. The number of fused-ring (bicyclic) bond motifs is 1. The van der Waals surface area contributed by atoms with Gasteiger partial charge in [0.15, 0.2) is 5.65 Å². The van der Waals surface area contributed by atoms with Crippen LogP contribution < -0.4 is 16.0 Å². The number of aromatic nitrogens is 4. The van der Waals surface area contributed by atoms with E-state index in [0.29, 0.717) is 17.4 Å². The molecule has 1 amide bonds. The normalized spacial score (nSPS) is 10.2. The van der Waals surface area contributed by atoms with Crippen LogP contribution in [0.25, 0.3) is 11.0 Å². The third-order valence-corrected chi connectivity index (χ3v) is 2.23. The maximum Gasteiger partial charge on any atom is 0.239 e. The molecule has 4 N–H and O–H groups in total. The van der Waals surface area contributed by atoms with Crippen LogP contribution in [0.2, 0.25) is 0 Å². The molecular weight excluding hydrogens is 222 g/mol. The molecule has 0 atom stereocenters. The van der Waals surface area contributed by atoms with Gasteiger partial charge in [-0.2, -0.15) is 15.1 Å². The van der Waals surface area contributed by atoms with Gasteiger partial charge in [0.1, 0.15) is 5.82 Å². The first-order chi connectivity index (χ1) is 8.24. The highest BCUT2D eigenvalue weighted by molar-refractivity contribution is 5.89. The van der Waals surface area contributed by atoms with E-state index in [1.165, 1.54) is 0 Å². The lowest BCUT2D eigenvalue weighted by atomic mass is 10.4. The molecule has 0 aliphatic heterocycles. The predicted molar refractivity (Wildman–Crippen MR) is 63.8 cm³/mol. The fourth-order valence-electron chi connectivity index (χ4n) is 1.33. The minimum atomic E-state index is -0.119. The summed E-state index contributed by atoms with van der Waals surface area (Å²) in [4.78, 5) is 19.6. The van der Waals surface area contributed by atoms with Crippen molar-refractivity contribution in [2.24, 2.45) is 0 Å². The topological polar surface area (TPSA) is 108 Å². The smallest absolute Gasteiger partial charge is 0.239 e. The zero-order chi connectivity index (χ0) is 12.3. The number of hydrogen-bond acceptors (Lipinski definition) is 6. The van der Waals surface area contributed by atoms with Crippen molar-refractivity contribution in [1.82, 2.24) is 25.5 Å². The van der Waals surface area contributed by atoms with Crippen molar-refractivity contribution in [3.63, 3.8) is 0 Å². The van der Waals surface area contributed by atoms with E-state index in [2.05, 4.69) is 36.1 Å². The maximum absolute atomic E-state index is 11.2. The summed E-state index contributed by atoms with van der Waals surface area (Å²) < 4.78 is 0. The molecule has 8 heteroatoms. The van der Waals surface area contributed by atoms with E-state index in [9.17, 15) is 4.79 Å². The van der Waals surface area contributed by atoms with Crippen LogP contribution in [0, 0.1) is 0 Å². The van der Waals surface area contributed by atoms with E-state index in [0.717, 1.165) is 5.39 Å². The monoisotopic (exact) mass is 235 g/mol. The molecule has 2 heterocycles. The number of likely N-dealkylation sites (N-methyl/N-ethyl adjacent to an activating group) is 1. The Balaban J connectivity index is 2.30. The summed E-state index contributed by atoms with van der Waals surface area (Å²) in [5.41, 5.74) is 0.615. The molecule has 0 aromatic carbocycles. The Morgan fingerprint density at radius 1 is 1.41 bits per heavy atom. The third kappa shape index (κ3) is 2.25. The minimum Gasteiger partial charge on any atom is -0.360 e. The largest absolute Gasteiger partial charge is 0.360 e. The first kappa shape index (κ1) is 11.1. The van der Waals surface area contributed by atoms with Gasteiger partial charge in [0.2, 0.25) is 11.9 Å². The quantitative estimate of drug-likeness (QED) is 0.572. The highest BCUT2D eigenvalue weighted by Crippen LogP contribution is 2.19. The lowest BCUT2D eigenvalue weighted by Crippen LogP contribution is -2.26. The van der Waals surface area contributed by atoms with Gasteiger partial charge in [0, 0.05) is 14.1 Å². The summed E-state index contributed by atoms with van der Waals surface area (Å²) in [5, 5.41) is 15.7. The number of carbonyl (C=O) groups is 1. The molecule has 2 aromatic heterocycles. The Bertz CT molecular complexity index is 535. The number of aromatic amines is 1. The van der Waals surface area contributed by atoms with Gasteiger partial charge in [-0.1, -0.05) is 0 Å². The molecule has 0 bridgehead atoms. The average Bonchev–Trinajstić information content (AvgIpc) is 2.83. The first-order valence-electron chi connectivity index (χ1n) is 5.08.